The molecule has 0 heterocycles. The molecule has 0 spiro atoms. The van der Waals surface area contributed by atoms with Crippen LogP contribution in [0, 0.1) is 0 Å². The number of hydrogen-bond donors (Lipinski definition) is 2. The van der Waals surface area contributed by atoms with Gasteiger partial charge in [-0.3, -0.25) is 4.79 Å². The summed E-state index contributed by atoms with van der Waals surface area (Å²) in [6, 6.07) is 14.4. The van der Waals surface area contributed by atoms with Crippen molar-refractivity contribution in [3.05, 3.63) is 54.1 Å². The molecule has 5 heteroatoms. The van der Waals surface area contributed by atoms with Gasteiger partial charge in [-0.25, -0.2) is 0 Å². The van der Waals surface area contributed by atoms with Crippen molar-refractivity contribution >= 4 is 11.6 Å². The van der Waals surface area contributed by atoms with Gasteiger partial charge in [-0.2, -0.15) is 0 Å². The molecule has 0 aromatic heterocycles. The van der Waals surface area contributed by atoms with E-state index in [2.05, 4.69) is 5.32 Å². The molecule has 1 unspecified atom stereocenters. The average Bonchev–Trinajstić information content (AvgIpc) is 2.55. The van der Waals surface area contributed by atoms with Gasteiger partial charge >= 0.3 is 0 Å². The third-order valence-electron chi connectivity index (χ3n) is 3.32. The van der Waals surface area contributed by atoms with E-state index in [1.165, 1.54) is 0 Å². The van der Waals surface area contributed by atoms with Crippen LogP contribution in [0.2, 0.25) is 0 Å². The van der Waals surface area contributed by atoms with E-state index in [9.17, 15) is 4.79 Å². The largest absolute Gasteiger partial charge is 0.497 e. The van der Waals surface area contributed by atoms with Crippen molar-refractivity contribution in [1.82, 2.24) is 0 Å². The Morgan fingerprint density at radius 1 is 1.14 bits per heavy atom. The molecule has 2 aromatic rings. The summed E-state index contributed by atoms with van der Waals surface area (Å²) in [4.78, 5) is 12.1. The summed E-state index contributed by atoms with van der Waals surface area (Å²) in [5.41, 5.74) is 7.57. The lowest BCUT2D eigenvalue weighted by atomic mass is 10.0. The van der Waals surface area contributed by atoms with E-state index < -0.39 is 0 Å². The molecule has 2 aromatic carbocycles. The van der Waals surface area contributed by atoms with Crippen LogP contribution in [0.1, 0.15) is 18.0 Å². The molecule has 0 aliphatic carbocycles. The molecule has 22 heavy (non-hydrogen) atoms. The van der Waals surface area contributed by atoms with Crippen molar-refractivity contribution in [2.75, 3.05) is 19.5 Å². The first kappa shape index (κ1) is 15.9. The number of carbonyl (C=O) groups is 1. The molecule has 0 aliphatic heterocycles. The number of benzene rings is 2. The minimum Gasteiger partial charge on any atom is -0.497 e. The standard InChI is InChI=1S/C17H20N2O3/c1-21-13-8-9-15(16(10-13)22-2)19-17(20)11-14(18)12-6-4-3-5-7-12/h3-10,14H,11,18H2,1-2H3,(H,19,20). The molecule has 1 amide bonds. The van der Waals surface area contributed by atoms with Crippen molar-refractivity contribution in [3.8, 4) is 11.5 Å². The molecule has 0 radical (unpaired) electrons. The van der Waals surface area contributed by atoms with Crippen LogP contribution >= 0.6 is 0 Å². The van der Waals surface area contributed by atoms with E-state index in [0.717, 1.165) is 5.56 Å². The van der Waals surface area contributed by atoms with E-state index in [-0.39, 0.29) is 18.4 Å². The second-order valence-corrected chi connectivity index (χ2v) is 4.84. The van der Waals surface area contributed by atoms with Crippen LogP contribution in [-0.4, -0.2) is 20.1 Å². The van der Waals surface area contributed by atoms with Crippen LogP contribution in [0.3, 0.4) is 0 Å². The maximum atomic E-state index is 12.1. The summed E-state index contributed by atoms with van der Waals surface area (Å²) in [5.74, 6) is 1.04. The van der Waals surface area contributed by atoms with Gasteiger partial charge in [-0.1, -0.05) is 30.3 Å². The van der Waals surface area contributed by atoms with Gasteiger partial charge in [-0.05, 0) is 17.7 Å². The zero-order valence-corrected chi connectivity index (χ0v) is 12.7. The molecule has 0 fully saturated rings. The Kier molecular flexibility index (Phi) is 5.38. The number of amides is 1. The normalized spacial score (nSPS) is 11.6. The number of nitrogens with one attached hydrogen (secondary N) is 1. The van der Waals surface area contributed by atoms with Gasteiger partial charge in [0.15, 0.2) is 0 Å². The van der Waals surface area contributed by atoms with Crippen LogP contribution in [0.15, 0.2) is 48.5 Å². The Balaban J connectivity index is 2.03. The molecule has 116 valence electrons. The first-order valence-corrected chi connectivity index (χ1v) is 6.96. The Labute approximate surface area is 130 Å². The van der Waals surface area contributed by atoms with E-state index in [1.54, 1.807) is 32.4 Å². The third kappa shape index (κ3) is 3.99. The molecule has 3 N–H and O–H groups in total. The van der Waals surface area contributed by atoms with Crippen LogP contribution in [0.25, 0.3) is 0 Å². The van der Waals surface area contributed by atoms with Gasteiger partial charge in [0, 0.05) is 18.5 Å². The van der Waals surface area contributed by atoms with Crippen molar-refractivity contribution in [2.24, 2.45) is 5.73 Å². The third-order valence-corrected chi connectivity index (χ3v) is 3.32. The summed E-state index contributed by atoms with van der Waals surface area (Å²) in [6.07, 6.45) is 0.194. The lowest BCUT2D eigenvalue weighted by molar-refractivity contribution is -0.116. The van der Waals surface area contributed by atoms with Crippen molar-refractivity contribution in [1.29, 1.82) is 0 Å². The summed E-state index contributed by atoms with van der Waals surface area (Å²) >= 11 is 0. The highest BCUT2D eigenvalue weighted by Gasteiger charge is 2.13. The second-order valence-electron chi connectivity index (χ2n) is 4.84. The van der Waals surface area contributed by atoms with Crippen LogP contribution in [0.4, 0.5) is 5.69 Å². The zero-order valence-electron chi connectivity index (χ0n) is 12.7. The SMILES string of the molecule is COc1ccc(NC(=O)CC(N)c2ccccc2)c(OC)c1. The molecular weight excluding hydrogens is 280 g/mol. The van der Waals surface area contributed by atoms with Gasteiger partial charge < -0.3 is 20.5 Å². The fourth-order valence-electron chi connectivity index (χ4n) is 2.12. The molecule has 5 nitrogen and oxygen atoms in total. The number of rotatable bonds is 6. The Morgan fingerprint density at radius 3 is 2.50 bits per heavy atom. The van der Waals surface area contributed by atoms with Gasteiger partial charge in [0.05, 0.1) is 19.9 Å². The Hall–Kier alpha value is -2.53. The predicted octanol–water partition coefficient (Wildman–Crippen LogP) is 2.73. The highest BCUT2D eigenvalue weighted by Crippen LogP contribution is 2.29. The second kappa shape index (κ2) is 7.47. The minimum absolute atomic E-state index is 0.167. The fourth-order valence-corrected chi connectivity index (χ4v) is 2.12. The maximum absolute atomic E-state index is 12.1. The lowest BCUT2D eigenvalue weighted by Crippen LogP contribution is -2.20. The number of methoxy groups -OCH3 is 2. The monoisotopic (exact) mass is 300 g/mol. The van der Waals surface area contributed by atoms with Gasteiger partial charge in [0.1, 0.15) is 11.5 Å². The summed E-state index contributed by atoms with van der Waals surface area (Å²) in [5, 5.41) is 2.81. The lowest BCUT2D eigenvalue weighted by Gasteiger charge is -2.14. The number of hydrogen-bond acceptors (Lipinski definition) is 4. The quantitative estimate of drug-likeness (QED) is 0.860. The summed E-state index contributed by atoms with van der Waals surface area (Å²) in [7, 11) is 3.12. The number of ether oxygens (including phenoxy) is 2. The Bertz CT molecular complexity index is 629. The van der Waals surface area contributed by atoms with Crippen LogP contribution in [-0.2, 0) is 4.79 Å². The summed E-state index contributed by atoms with van der Waals surface area (Å²) < 4.78 is 10.4. The van der Waals surface area contributed by atoms with Crippen LogP contribution in [0.5, 0.6) is 11.5 Å². The highest BCUT2D eigenvalue weighted by molar-refractivity contribution is 5.92. The van der Waals surface area contributed by atoms with Gasteiger partial charge in [0.25, 0.3) is 0 Å². The maximum Gasteiger partial charge on any atom is 0.226 e. The van der Waals surface area contributed by atoms with Crippen molar-refractivity contribution in [3.63, 3.8) is 0 Å². The smallest absolute Gasteiger partial charge is 0.226 e. The molecule has 0 saturated heterocycles. The number of carbonyl (C=O) groups excluding carboxylic acids is 1. The first-order chi connectivity index (χ1) is 10.6. The van der Waals surface area contributed by atoms with E-state index in [4.69, 9.17) is 15.2 Å². The van der Waals surface area contributed by atoms with Crippen molar-refractivity contribution in [2.45, 2.75) is 12.5 Å². The zero-order chi connectivity index (χ0) is 15.9. The summed E-state index contributed by atoms with van der Waals surface area (Å²) in [6.45, 7) is 0. The first-order valence-electron chi connectivity index (χ1n) is 6.96. The molecule has 0 aliphatic rings. The van der Waals surface area contributed by atoms with E-state index in [0.29, 0.717) is 17.2 Å². The minimum atomic E-state index is -0.342. The molecule has 0 bridgehead atoms. The Morgan fingerprint density at radius 2 is 1.86 bits per heavy atom. The van der Waals surface area contributed by atoms with Crippen molar-refractivity contribution < 1.29 is 14.3 Å². The molecular formula is C17H20N2O3. The van der Waals surface area contributed by atoms with Crippen LogP contribution < -0.4 is 20.5 Å². The van der Waals surface area contributed by atoms with E-state index >= 15 is 0 Å². The topological polar surface area (TPSA) is 73.6 Å². The predicted molar refractivity (Wildman–Crippen MR) is 86.2 cm³/mol. The molecule has 0 saturated carbocycles. The molecule has 2 rings (SSSR count). The van der Waals surface area contributed by atoms with Gasteiger partial charge in [-0.15, -0.1) is 0 Å². The fraction of sp³-hybridized carbons (Fsp3) is 0.235. The van der Waals surface area contributed by atoms with Gasteiger partial charge in [0.2, 0.25) is 5.91 Å². The number of anilines is 1. The average molecular weight is 300 g/mol. The molecule has 1 atom stereocenters. The van der Waals surface area contributed by atoms with E-state index in [1.807, 2.05) is 30.3 Å². The highest BCUT2D eigenvalue weighted by atomic mass is 16.5. The number of nitrogens with two attached hydrogens (primary N) is 1.